The van der Waals surface area contributed by atoms with Crippen LogP contribution in [0.2, 0.25) is 4.34 Å². The van der Waals surface area contributed by atoms with Crippen LogP contribution in [-0.4, -0.2) is 41.5 Å². The standard InChI is InChI=1S/C21H19ClN8OS/c1-29-18(6-9-24-29)26-21-23-8-5-14(25-21)13-7-10-30-19(11-13)27-28-20(30)12-15(31-2)16-3-4-17(22)32-16/h3-11,15H,12H2,1-2H3,(H,23,25,26). The number of anilines is 2. The number of aryl methyl sites for hydroxylation is 1. The molecule has 5 rings (SSSR count). The number of hydrogen-bond donors (Lipinski definition) is 1. The lowest BCUT2D eigenvalue weighted by Gasteiger charge is -2.12. The van der Waals surface area contributed by atoms with E-state index in [9.17, 15) is 0 Å². The van der Waals surface area contributed by atoms with Crippen molar-refractivity contribution in [1.82, 2.24) is 34.3 Å². The quantitative estimate of drug-likeness (QED) is 0.382. The van der Waals surface area contributed by atoms with Crippen LogP contribution in [-0.2, 0) is 18.2 Å². The van der Waals surface area contributed by atoms with Gasteiger partial charge in [0.2, 0.25) is 5.95 Å². The maximum atomic E-state index is 6.08. The maximum absolute atomic E-state index is 6.08. The Morgan fingerprint density at radius 1 is 1.16 bits per heavy atom. The molecule has 0 aliphatic heterocycles. The highest BCUT2D eigenvalue weighted by atomic mass is 35.5. The van der Waals surface area contributed by atoms with E-state index in [-0.39, 0.29) is 6.10 Å². The number of methoxy groups -OCH3 is 1. The van der Waals surface area contributed by atoms with Crippen LogP contribution in [0, 0.1) is 0 Å². The Morgan fingerprint density at radius 3 is 2.81 bits per heavy atom. The Labute approximate surface area is 192 Å². The Morgan fingerprint density at radius 2 is 2.06 bits per heavy atom. The Hall–Kier alpha value is -3.34. The first kappa shape index (κ1) is 20.6. The van der Waals surface area contributed by atoms with Gasteiger partial charge in [0.15, 0.2) is 5.65 Å². The number of aromatic nitrogens is 7. The zero-order valence-electron chi connectivity index (χ0n) is 17.3. The van der Waals surface area contributed by atoms with Crippen LogP contribution in [0.5, 0.6) is 0 Å². The van der Waals surface area contributed by atoms with Gasteiger partial charge in [-0.05, 0) is 30.3 Å². The van der Waals surface area contributed by atoms with Crippen molar-refractivity contribution < 1.29 is 4.74 Å². The summed E-state index contributed by atoms with van der Waals surface area (Å²) in [5.41, 5.74) is 2.43. The monoisotopic (exact) mass is 466 g/mol. The van der Waals surface area contributed by atoms with E-state index in [1.165, 1.54) is 11.3 Å². The Kier molecular flexibility index (Phi) is 5.56. The fourth-order valence-corrected chi connectivity index (χ4v) is 4.54. The van der Waals surface area contributed by atoms with Crippen LogP contribution in [0.4, 0.5) is 11.8 Å². The van der Waals surface area contributed by atoms with Gasteiger partial charge >= 0.3 is 0 Å². The van der Waals surface area contributed by atoms with Gasteiger partial charge in [0.25, 0.3) is 0 Å². The molecule has 11 heteroatoms. The summed E-state index contributed by atoms with van der Waals surface area (Å²) >= 11 is 7.59. The van der Waals surface area contributed by atoms with Crippen LogP contribution < -0.4 is 5.32 Å². The average Bonchev–Trinajstić information content (AvgIpc) is 3.52. The average molecular weight is 467 g/mol. The summed E-state index contributed by atoms with van der Waals surface area (Å²) in [6, 6.07) is 11.5. The molecule has 32 heavy (non-hydrogen) atoms. The second-order valence-corrected chi connectivity index (χ2v) is 8.81. The summed E-state index contributed by atoms with van der Waals surface area (Å²) in [5, 5.41) is 16.0. The predicted octanol–water partition coefficient (Wildman–Crippen LogP) is 4.31. The van der Waals surface area contributed by atoms with E-state index in [2.05, 4.69) is 30.6 Å². The number of halogens is 1. The van der Waals surface area contributed by atoms with Crippen molar-refractivity contribution in [3.05, 3.63) is 70.0 Å². The molecule has 9 nitrogen and oxygen atoms in total. The first-order valence-corrected chi connectivity index (χ1v) is 11.0. The van der Waals surface area contributed by atoms with Gasteiger partial charge in [-0.3, -0.25) is 9.08 Å². The largest absolute Gasteiger partial charge is 0.375 e. The molecule has 0 saturated heterocycles. The number of rotatable bonds is 7. The van der Waals surface area contributed by atoms with Crippen LogP contribution in [0.15, 0.2) is 55.0 Å². The molecule has 5 aromatic heterocycles. The zero-order chi connectivity index (χ0) is 22.1. The fraction of sp³-hybridized carbons (Fsp3) is 0.190. The van der Waals surface area contributed by atoms with E-state index in [1.807, 2.05) is 54.0 Å². The van der Waals surface area contributed by atoms with E-state index in [0.717, 1.165) is 37.8 Å². The second-order valence-electron chi connectivity index (χ2n) is 7.06. The molecule has 0 radical (unpaired) electrons. The normalized spacial score (nSPS) is 12.3. The maximum Gasteiger partial charge on any atom is 0.228 e. The Bertz CT molecular complexity index is 1380. The molecule has 1 atom stereocenters. The number of hydrogen-bond acceptors (Lipinski definition) is 8. The van der Waals surface area contributed by atoms with Gasteiger partial charge in [0.1, 0.15) is 11.6 Å². The van der Waals surface area contributed by atoms with Gasteiger partial charge in [-0.25, -0.2) is 9.97 Å². The lowest BCUT2D eigenvalue weighted by Crippen LogP contribution is -2.07. The van der Waals surface area contributed by atoms with E-state index in [4.69, 9.17) is 16.3 Å². The summed E-state index contributed by atoms with van der Waals surface area (Å²) in [5.74, 6) is 2.11. The molecule has 0 bridgehead atoms. The van der Waals surface area contributed by atoms with Gasteiger partial charge in [0, 0.05) is 49.5 Å². The molecule has 0 spiro atoms. The summed E-state index contributed by atoms with van der Waals surface area (Å²) in [7, 11) is 3.54. The second kappa shape index (κ2) is 8.65. The number of fused-ring (bicyclic) bond motifs is 1. The molecule has 1 unspecified atom stereocenters. The van der Waals surface area contributed by atoms with Gasteiger partial charge in [-0.1, -0.05) is 11.6 Å². The van der Waals surface area contributed by atoms with Gasteiger partial charge in [-0.2, -0.15) is 5.10 Å². The highest BCUT2D eigenvalue weighted by Gasteiger charge is 2.18. The summed E-state index contributed by atoms with van der Waals surface area (Å²) < 4.78 is 10.1. The molecule has 5 aromatic rings. The number of thiophene rings is 1. The number of pyridine rings is 1. The molecule has 0 aliphatic carbocycles. The molecule has 162 valence electrons. The highest BCUT2D eigenvalue weighted by Crippen LogP contribution is 2.31. The van der Waals surface area contributed by atoms with Crippen LogP contribution >= 0.6 is 22.9 Å². The lowest BCUT2D eigenvalue weighted by molar-refractivity contribution is 0.104. The Balaban J connectivity index is 1.40. The van der Waals surface area contributed by atoms with Gasteiger partial charge in [0.05, 0.1) is 22.3 Å². The van der Waals surface area contributed by atoms with Crippen molar-refractivity contribution in [3.8, 4) is 11.3 Å². The van der Waals surface area contributed by atoms with Crippen LogP contribution in [0.25, 0.3) is 16.9 Å². The topological polar surface area (TPSA) is 95.0 Å². The minimum Gasteiger partial charge on any atom is -0.375 e. The van der Waals surface area contributed by atoms with Crippen molar-refractivity contribution in [2.45, 2.75) is 12.5 Å². The third kappa shape index (κ3) is 4.07. The minimum atomic E-state index is -0.137. The number of nitrogens with one attached hydrogen (secondary N) is 1. The summed E-state index contributed by atoms with van der Waals surface area (Å²) in [6.45, 7) is 0. The van der Waals surface area contributed by atoms with E-state index >= 15 is 0 Å². The van der Waals surface area contributed by atoms with Gasteiger partial charge < -0.3 is 10.1 Å². The van der Waals surface area contributed by atoms with Crippen molar-refractivity contribution >= 4 is 40.4 Å². The lowest BCUT2D eigenvalue weighted by atomic mass is 10.2. The zero-order valence-corrected chi connectivity index (χ0v) is 18.9. The molecule has 0 amide bonds. The predicted molar refractivity (Wildman–Crippen MR) is 123 cm³/mol. The van der Waals surface area contributed by atoms with Crippen molar-refractivity contribution in [1.29, 1.82) is 0 Å². The molecule has 0 aliphatic rings. The summed E-state index contributed by atoms with van der Waals surface area (Å²) in [6.07, 6.45) is 5.83. The first-order valence-electron chi connectivity index (χ1n) is 9.81. The van der Waals surface area contributed by atoms with Crippen molar-refractivity contribution in [2.24, 2.45) is 7.05 Å². The molecule has 0 fully saturated rings. The molecular formula is C21H19ClN8OS. The minimum absolute atomic E-state index is 0.137. The van der Waals surface area contributed by atoms with E-state index < -0.39 is 0 Å². The van der Waals surface area contributed by atoms with Crippen LogP contribution in [0.3, 0.4) is 0 Å². The fourth-order valence-electron chi connectivity index (χ4n) is 3.40. The molecule has 0 saturated carbocycles. The van der Waals surface area contributed by atoms with E-state index in [0.29, 0.717) is 12.4 Å². The van der Waals surface area contributed by atoms with E-state index in [1.54, 1.807) is 24.2 Å². The molecule has 5 heterocycles. The number of nitrogens with zero attached hydrogens (tertiary/aromatic N) is 7. The molecule has 1 N–H and O–H groups in total. The van der Waals surface area contributed by atoms with Crippen molar-refractivity contribution in [2.75, 3.05) is 12.4 Å². The third-order valence-electron chi connectivity index (χ3n) is 5.06. The smallest absolute Gasteiger partial charge is 0.228 e. The summed E-state index contributed by atoms with van der Waals surface area (Å²) in [4.78, 5) is 9.98. The number of ether oxygens (including phenoxy) is 1. The highest BCUT2D eigenvalue weighted by molar-refractivity contribution is 7.16. The molecule has 0 aromatic carbocycles. The molecular weight excluding hydrogens is 448 g/mol. The third-order valence-corrected chi connectivity index (χ3v) is 6.38. The SMILES string of the molecule is COC(Cc1nnc2cc(-c3ccnc(Nc4ccnn4C)n3)ccn12)c1ccc(Cl)s1. The van der Waals surface area contributed by atoms with Crippen LogP contribution in [0.1, 0.15) is 16.8 Å². The first-order chi connectivity index (χ1) is 15.6. The van der Waals surface area contributed by atoms with Crippen molar-refractivity contribution in [3.63, 3.8) is 0 Å². The van der Waals surface area contributed by atoms with Gasteiger partial charge in [-0.15, -0.1) is 21.5 Å².